The number of aromatic nitrogens is 3. The molecule has 0 aliphatic heterocycles. The Balaban J connectivity index is 2.52. The number of carbonyl (C=O) groups is 1. The van der Waals surface area contributed by atoms with Crippen LogP contribution in [0.5, 0.6) is 0 Å². The Labute approximate surface area is 83.2 Å². The van der Waals surface area contributed by atoms with Gasteiger partial charge in [-0.3, -0.25) is 9.97 Å². The van der Waals surface area contributed by atoms with Crippen LogP contribution >= 0.6 is 11.5 Å². The Morgan fingerprint density at radius 1 is 1.36 bits per heavy atom. The van der Waals surface area contributed by atoms with Crippen LogP contribution in [0, 0.1) is 0 Å². The highest BCUT2D eigenvalue weighted by Crippen LogP contribution is 2.23. The van der Waals surface area contributed by atoms with Gasteiger partial charge in [0.25, 0.3) is 0 Å². The van der Waals surface area contributed by atoms with Crippen LogP contribution in [-0.4, -0.2) is 25.4 Å². The van der Waals surface area contributed by atoms with Crippen molar-refractivity contribution in [2.45, 2.75) is 0 Å². The zero-order valence-electron chi connectivity index (χ0n) is 6.91. The fourth-order valence-electron chi connectivity index (χ4n) is 1.01. The van der Waals surface area contributed by atoms with E-state index in [-0.39, 0.29) is 4.88 Å². The first-order valence-electron chi connectivity index (χ1n) is 3.73. The third kappa shape index (κ3) is 1.47. The van der Waals surface area contributed by atoms with E-state index in [4.69, 9.17) is 5.11 Å². The van der Waals surface area contributed by atoms with Gasteiger partial charge in [-0.15, -0.1) is 0 Å². The monoisotopic (exact) mass is 207 g/mol. The van der Waals surface area contributed by atoms with Crippen molar-refractivity contribution >= 4 is 17.5 Å². The van der Waals surface area contributed by atoms with Crippen LogP contribution in [0.4, 0.5) is 0 Å². The van der Waals surface area contributed by atoms with Crippen LogP contribution < -0.4 is 0 Å². The average molecular weight is 207 g/mol. The normalized spacial score (nSPS) is 10.0. The van der Waals surface area contributed by atoms with E-state index >= 15 is 0 Å². The number of aromatic carboxylic acids is 1. The first-order chi connectivity index (χ1) is 6.79. The molecule has 0 spiro atoms. The molecule has 1 N–H and O–H groups in total. The highest BCUT2D eigenvalue weighted by molar-refractivity contribution is 7.08. The number of rotatable bonds is 2. The largest absolute Gasteiger partial charge is 0.477 e. The van der Waals surface area contributed by atoms with Crippen LogP contribution in [0.1, 0.15) is 9.67 Å². The molecule has 6 heteroatoms. The summed E-state index contributed by atoms with van der Waals surface area (Å²) >= 11 is 0.935. The lowest BCUT2D eigenvalue weighted by molar-refractivity contribution is 0.0703. The van der Waals surface area contributed by atoms with Crippen LogP contribution in [0.25, 0.3) is 11.3 Å². The van der Waals surface area contributed by atoms with Gasteiger partial charge >= 0.3 is 5.97 Å². The molecule has 2 rings (SSSR count). The lowest BCUT2D eigenvalue weighted by Gasteiger charge is -1.95. The van der Waals surface area contributed by atoms with Gasteiger partial charge in [-0.2, -0.15) is 4.37 Å². The summed E-state index contributed by atoms with van der Waals surface area (Å²) in [4.78, 5) is 18.8. The van der Waals surface area contributed by atoms with Crippen molar-refractivity contribution in [2.24, 2.45) is 0 Å². The second kappa shape index (κ2) is 3.51. The zero-order chi connectivity index (χ0) is 9.97. The Morgan fingerprint density at radius 2 is 2.21 bits per heavy atom. The molecule has 0 fully saturated rings. The van der Waals surface area contributed by atoms with Gasteiger partial charge in [-0.25, -0.2) is 4.79 Å². The van der Waals surface area contributed by atoms with Gasteiger partial charge in [0, 0.05) is 18.0 Å². The summed E-state index contributed by atoms with van der Waals surface area (Å²) in [5.74, 6) is -0.992. The predicted molar refractivity (Wildman–Crippen MR) is 50.1 cm³/mol. The molecule has 14 heavy (non-hydrogen) atoms. The Hall–Kier alpha value is -1.82. The maximum absolute atomic E-state index is 10.8. The van der Waals surface area contributed by atoms with Gasteiger partial charge in [0.05, 0.1) is 18.1 Å². The van der Waals surface area contributed by atoms with Crippen LogP contribution in [0.3, 0.4) is 0 Å². The van der Waals surface area contributed by atoms with Gasteiger partial charge in [0.1, 0.15) is 4.88 Å². The third-order valence-corrected chi connectivity index (χ3v) is 2.39. The van der Waals surface area contributed by atoms with Gasteiger partial charge in [0.2, 0.25) is 0 Å². The summed E-state index contributed by atoms with van der Waals surface area (Å²) in [6.07, 6.45) is 6.04. The van der Waals surface area contributed by atoms with E-state index in [9.17, 15) is 4.79 Å². The molecule has 0 aliphatic rings. The molecule has 0 radical (unpaired) electrons. The molecular weight excluding hydrogens is 202 g/mol. The van der Waals surface area contributed by atoms with Gasteiger partial charge < -0.3 is 5.11 Å². The van der Waals surface area contributed by atoms with Crippen molar-refractivity contribution in [3.8, 4) is 11.3 Å². The minimum Gasteiger partial charge on any atom is -0.477 e. The van der Waals surface area contributed by atoms with Crippen LogP contribution in [-0.2, 0) is 0 Å². The quantitative estimate of drug-likeness (QED) is 0.803. The lowest BCUT2D eigenvalue weighted by atomic mass is 10.2. The molecule has 0 unspecified atom stereocenters. The van der Waals surface area contributed by atoms with Crippen molar-refractivity contribution in [3.63, 3.8) is 0 Å². The molecule has 0 saturated heterocycles. The smallest absolute Gasteiger partial charge is 0.348 e. The van der Waals surface area contributed by atoms with E-state index < -0.39 is 5.97 Å². The number of hydrogen-bond donors (Lipinski definition) is 1. The minimum atomic E-state index is -0.992. The Bertz CT molecular complexity index is 455. The van der Waals surface area contributed by atoms with Gasteiger partial charge in [-0.05, 0) is 11.5 Å². The molecule has 0 atom stereocenters. The minimum absolute atomic E-state index is 0.186. The second-order valence-corrected chi connectivity index (χ2v) is 3.27. The Kier molecular flexibility index (Phi) is 2.19. The SMILES string of the molecule is O=C(O)c1sncc1-c1cnccn1. The number of nitrogens with zero attached hydrogens (tertiary/aromatic N) is 3. The van der Waals surface area contributed by atoms with E-state index in [0.29, 0.717) is 11.3 Å². The first kappa shape index (κ1) is 8.76. The average Bonchev–Trinajstić information content (AvgIpc) is 2.67. The standard InChI is InChI=1S/C8H5N3O2S/c12-8(13)7-5(3-11-14-7)6-4-9-1-2-10-6/h1-4H,(H,12,13). The lowest BCUT2D eigenvalue weighted by Crippen LogP contribution is -1.95. The van der Waals surface area contributed by atoms with Crippen LogP contribution in [0.2, 0.25) is 0 Å². The summed E-state index contributed by atoms with van der Waals surface area (Å²) in [5.41, 5.74) is 1.04. The van der Waals surface area contributed by atoms with Crippen molar-refractivity contribution in [1.29, 1.82) is 0 Å². The summed E-state index contributed by atoms with van der Waals surface area (Å²) in [5, 5.41) is 8.84. The molecular formula is C8H5N3O2S. The molecule has 0 aromatic carbocycles. The topological polar surface area (TPSA) is 76.0 Å². The van der Waals surface area contributed by atoms with E-state index in [0.717, 1.165) is 11.5 Å². The summed E-state index contributed by atoms with van der Waals surface area (Å²) in [7, 11) is 0. The summed E-state index contributed by atoms with van der Waals surface area (Å²) < 4.78 is 3.81. The number of carboxylic acid groups (broad SMARTS) is 1. The zero-order valence-corrected chi connectivity index (χ0v) is 7.73. The maximum Gasteiger partial charge on any atom is 0.348 e. The molecule has 2 aromatic heterocycles. The molecule has 0 aliphatic carbocycles. The second-order valence-electron chi connectivity index (χ2n) is 2.46. The van der Waals surface area contributed by atoms with E-state index in [1.807, 2.05) is 0 Å². The molecule has 70 valence electrons. The van der Waals surface area contributed by atoms with E-state index in [1.165, 1.54) is 24.8 Å². The molecule has 2 aromatic rings. The Morgan fingerprint density at radius 3 is 2.86 bits per heavy atom. The summed E-state index contributed by atoms with van der Waals surface area (Å²) in [6.45, 7) is 0. The van der Waals surface area contributed by atoms with Crippen LogP contribution in [0.15, 0.2) is 24.8 Å². The molecule has 0 amide bonds. The molecule has 0 saturated carbocycles. The van der Waals surface area contributed by atoms with Crippen molar-refractivity contribution in [1.82, 2.24) is 14.3 Å². The number of hydrogen-bond acceptors (Lipinski definition) is 5. The van der Waals surface area contributed by atoms with Crippen molar-refractivity contribution < 1.29 is 9.90 Å². The highest BCUT2D eigenvalue weighted by atomic mass is 32.1. The van der Waals surface area contributed by atoms with E-state index in [1.54, 1.807) is 0 Å². The molecule has 5 nitrogen and oxygen atoms in total. The molecule has 2 heterocycles. The first-order valence-corrected chi connectivity index (χ1v) is 4.50. The maximum atomic E-state index is 10.8. The van der Waals surface area contributed by atoms with Gasteiger partial charge in [0.15, 0.2) is 0 Å². The predicted octanol–water partition coefficient (Wildman–Crippen LogP) is 1.30. The van der Waals surface area contributed by atoms with Crippen molar-refractivity contribution in [3.05, 3.63) is 29.7 Å². The summed E-state index contributed by atoms with van der Waals surface area (Å²) in [6, 6.07) is 0. The fourth-order valence-corrected chi connectivity index (χ4v) is 1.61. The molecule has 0 bridgehead atoms. The van der Waals surface area contributed by atoms with Gasteiger partial charge in [-0.1, -0.05) is 0 Å². The number of carboxylic acids is 1. The highest BCUT2D eigenvalue weighted by Gasteiger charge is 2.15. The third-order valence-electron chi connectivity index (χ3n) is 1.60. The van der Waals surface area contributed by atoms with Crippen molar-refractivity contribution in [2.75, 3.05) is 0 Å². The van der Waals surface area contributed by atoms with E-state index in [2.05, 4.69) is 14.3 Å². The fraction of sp³-hybridized carbons (Fsp3) is 0.